The zero-order valence-corrected chi connectivity index (χ0v) is 14.6. The van der Waals surface area contributed by atoms with E-state index < -0.39 is 0 Å². The number of carbonyl (C=O) groups excluding carboxylic acids is 1. The lowest BCUT2D eigenvalue weighted by atomic mass is 9.45. The van der Waals surface area contributed by atoms with Crippen LogP contribution in [-0.2, 0) is 4.79 Å². The van der Waals surface area contributed by atoms with E-state index in [1.54, 1.807) is 0 Å². The summed E-state index contributed by atoms with van der Waals surface area (Å²) in [6, 6.07) is 0. The molecule has 4 aliphatic rings. The molecule has 1 heteroatoms. The Bertz CT molecular complexity index is 506. The molecule has 0 spiro atoms. The van der Waals surface area contributed by atoms with Crippen molar-refractivity contribution in [2.45, 2.75) is 72.1 Å². The monoisotopic (exact) mass is 300 g/mol. The molecule has 0 aromatic heterocycles. The molecule has 4 rings (SSSR count). The minimum absolute atomic E-state index is 0.320. The number of hydrogen-bond donors (Lipinski definition) is 0. The van der Waals surface area contributed by atoms with Crippen molar-refractivity contribution in [2.24, 2.45) is 40.4 Å². The highest BCUT2D eigenvalue weighted by Crippen LogP contribution is 2.66. The fraction of sp³-hybridized carbons (Fsp3) is 0.857. The maximum absolute atomic E-state index is 12.1. The number of Topliss-reactive ketones (excluding diaryl/α,β-unsaturated/α-hetero) is 1. The second-order valence-corrected chi connectivity index (χ2v) is 9.35. The van der Waals surface area contributed by atoms with E-state index in [1.165, 1.54) is 51.4 Å². The lowest BCUT2D eigenvalue weighted by Gasteiger charge is -2.59. The molecule has 0 aliphatic heterocycles. The van der Waals surface area contributed by atoms with Gasteiger partial charge >= 0.3 is 0 Å². The molecule has 0 heterocycles. The van der Waals surface area contributed by atoms with E-state index in [1.807, 2.05) is 6.92 Å². The first-order chi connectivity index (χ1) is 10.5. The van der Waals surface area contributed by atoms with Gasteiger partial charge in [-0.1, -0.05) is 26.0 Å². The van der Waals surface area contributed by atoms with E-state index >= 15 is 0 Å². The molecule has 22 heavy (non-hydrogen) atoms. The molecule has 0 unspecified atom stereocenters. The standard InChI is InChI=1S/C21H32O/c1-14(22)17-9-10-18-16-8-7-15-6-4-5-12-20(15,2)19(16)11-13-21(17,18)3/h4-5,15-19H,6-13H2,1-3H3/t15-,16-,17+,18-,19-,20-,21+/m0/s1. The molecule has 0 aromatic rings. The maximum Gasteiger partial charge on any atom is 0.133 e. The Morgan fingerprint density at radius 1 is 0.955 bits per heavy atom. The first-order valence-corrected chi connectivity index (χ1v) is 9.62. The molecular weight excluding hydrogens is 268 g/mol. The molecule has 0 bridgehead atoms. The number of fused-ring (bicyclic) bond motifs is 5. The van der Waals surface area contributed by atoms with Crippen LogP contribution in [0.4, 0.5) is 0 Å². The quantitative estimate of drug-likeness (QED) is 0.592. The van der Waals surface area contributed by atoms with Crippen molar-refractivity contribution < 1.29 is 4.79 Å². The van der Waals surface area contributed by atoms with Crippen molar-refractivity contribution in [1.82, 2.24) is 0 Å². The number of ketones is 1. The van der Waals surface area contributed by atoms with E-state index in [-0.39, 0.29) is 0 Å². The molecule has 122 valence electrons. The molecule has 1 nitrogen and oxygen atoms in total. The van der Waals surface area contributed by atoms with Gasteiger partial charge in [-0.15, -0.1) is 0 Å². The van der Waals surface area contributed by atoms with Gasteiger partial charge in [0.2, 0.25) is 0 Å². The fourth-order valence-corrected chi connectivity index (χ4v) is 7.51. The topological polar surface area (TPSA) is 17.1 Å². The third kappa shape index (κ3) is 1.86. The van der Waals surface area contributed by atoms with Crippen LogP contribution in [0.15, 0.2) is 12.2 Å². The van der Waals surface area contributed by atoms with Gasteiger partial charge in [-0.25, -0.2) is 0 Å². The van der Waals surface area contributed by atoms with Gasteiger partial charge in [0, 0.05) is 5.92 Å². The summed E-state index contributed by atoms with van der Waals surface area (Å²) in [7, 11) is 0. The SMILES string of the molecule is CC(=O)[C@H]1CC[C@H]2[C@@H]3CC[C@@H]4CC=CC[C@]4(C)[C@H]3CC[C@]12C. The van der Waals surface area contributed by atoms with Crippen LogP contribution in [0, 0.1) is 40.4 Å². The van der Waals surface area contributed by atoms with E-state index in [0.29, 0.717) is 22.5 Å². The molecule has 4 aliphatic carbocycles. The van der Waals surface area contributed by atoms with Gasteiger partial charge in [0.25, 0.3) is 0 Å². The average molecular weight is 300 g/mol. The predicted molar refractivity (Wildman–Crippen MR) is 90.4 cm³/mol. The van der Waals surface area contributed by atoms with Crippen LogP contribution in [0.25, 0.3) is 0 Å². The first kappa shape index (κ1) is 15.0. The van der Waals surface area contributed by atoms with E-state index in [0.717, 1.165) is 23.7 Å². The number of rotatable bonds is 1. The van der Waals surface area contributed by atoms with Crippen molar-refractivity contribution in [1.29, 1.82) is 0 Å². The average Bonchev–Trinajstić information content (AvgIpc) is 2.84. The van der Waals surface area contributed by atoms with Gasteiger partial charge in [-0.05, 0) is 92.8 Å². The second-order valence-electron chi connectivity index (χ2n) is 9.35. The zero-order chi connectivity index (χ0) is 15.5. The highest BCUT2D eigenvalue weighted by Gasteiger charge is 2.59. The number of carbonyl (C=O) groups is 1. The molecular formula is C21H32O. The lowest BCUT2D eigenvalue weighted by Crippen LogP contribution is -2.52. The highest BCUT2D eigenvalue weighted by molar-refractivity contribution is 5.79. The van der Waals surface area contributed by atoms with Crippen molar-refractivity contribution >= 4 is 5.78 Å². The second kappa shape index (κ2) is 4.95. The van der Waals surface area contributed by atoms with E-state index in [9.17, 15) is 4.79 Å². The van der Waals surface area contributed by atoms with E-state index in [4.69, 9.17) is 0 Å². The fourth-order valence-electron chi connectivity index (χ4n) is 7.51. The van der Waals surface area contributed by atoms with Gasteiger partial charge in [0.15, 0.2) is 0 Å². The molecule has 0 radical (unpaired) electrons. The van der Waals surface area contributed by atoms with Gasteiger partial charge in [-0.2, -0.15) is 0 Å². The summed E-state index contributed by atoms with van der Waals surface area (Å²) in [5.74, 6) is 4.38. The summed E-state index contributed by atoms with van der Waals surface area (Å²) in [6.45, 7) is 6.90. The summed E-state index contributed by atoms with van der Waals surface area (Å²) in [6.07, 6.45) is 15.5. The van der Waals surface area contributed by atoms with Crippen LogP contribution in [0.1, 0.15) is 72.1 Å². The van der Waals surface area contributed by atoms with Crippen molar-refractivity contribution in [3.63, 3.8) is 0 Å². The Hall–Kier alpha value is -0.590. The van der Waals surface area contributed by atoms with Gasteiger partial charge < -0.3 is 0 Å². The molecule has 0 aromatic carbocycles. The summed E-state index contributed by atoms with van der Waals surface area (Å²) >= 11 is 0. The summed E-state index contributed by atoms with van der Waals surface area (Å²) < 4.78 is 0. The van der Waals surface area contributed by atoms with Gasteiger partial charge in [-0.3, -0.25) is 4.79 Å². The molecule has 0 N–H and O–H groups in total. The normalized spacial score (nSPS) is 53.5. The van der Waals surface area contributed by atoms with Crippen LogP contribution in [-0.4, -0.2) is 5.78 Å². The van der Waals surface area contributed by atoms with Crippen LogP contribution in [0.5, 0.6) is 0 Å². The smallest absolute Gasteiger partial charge is 0.133 e. The first-order valence-electron chi connectivity index (χ1n) is 9.62. The number of hydrogen-bond acceptors (Lipinski definition) is 1. The Balaban J connectivity index is 1.65. The summed E-state index contributed by atoms with van der Waals surface area (Å²) in [4.78, 5) is 12.1. The molecule has 3 fully saturated rings. The highest BCUT2D eigenvalue weighted by atomic mass is 16.1. The van der Waals surface area contributed by atoms with Gasteiger partial charge in [0.1, 0.15) is 5.78 Å². The third-order valence-electron chi connectivity index (χ3n) is 8.70. The van der Waals surface area contributed by atoms with Crippen molar-refractivity contribution in [2.75, 3.05) is 0 Å². The Kier molecular flexibility index (Phi) is 3.37. The largest absolute Gasteiger partial charge is 0.300 e. The number of allylic oxidation sites excluding steroid dienone is 2. The van der Waals surface area contributed by atoms with Crippen LogP contribution in [0.2, 0.25) is 0 Å². The minimum Gasteiger partial charge on any atom is -0.300 e. The lowest BCUT2D eigenvalue weighted by molar-refractivity contribution is -0.131. The molecule has 0 amide bonds. The Morgan fingerprint density at radius 2 is 1.73 bits per heavy atom. The molecule has 7 atom stereocenters. The van der Waals surface area contributed by atoms with Crippen molar-refractivity contribution in [3.8, 4) is 0 Å². The van der Waals surface area contributed by atoms with Crippen LogP contribution < -0.4 is 0 Å². The third-order valence-corrected chi connectivity index (χ3v) is 8.70. The summed E-state index contributed by atoms with van der Waals surface area (Å²) in [5.41, 5.74) is 0.869. The van der Waals surface area contributed by atoms with Crippen molar-refractivity contribution in [3.05, 3.63) is 12.2 Å². The maximum atomic E-state index is 12.1. The van der Waals surface area contributed by atoms with Gasteiger partial charge in [0.05, 0.1) is 0 Å². The Labute approximate surface area is 135 Å². The van der Waals surface area contributed by atoms with E-state index in [2.05, 4.69) is 26.0 Å². The molecule has 3 saturated carbocycles. The minimum atomic E-state index is 0.320. The molecule has 0 saturated heterocycles. The van der Waals surface area contributed by atoms with Crippen LogP contribution >= 0.6 is 0 Å². The zero-order valence-electron chi connectivity index (χ0n) is 14.6. The predicted octanol–water partition coefficient (Wildman–Crippen LogP) is 5.40. The summed E-state index contributed by atoms with van der Waals surface area (Å²) in [5, 5.41) is 0. The van der Waals surface area contributed by atoms with Crippen LogP contribution in [0.3, 0.4) is 0 Å². The Morgan fingerprint density at radius 3 is 2.50 bits per heavy atom.